The molecule has 0 spiro atoms. The van der Waals surface area contributed by atoms with Crippen LogP contribution in [0.2, 0.25) is 0 Å². The Balaban J connectivity index is 2.15. The molecule has 3 heteroatoms. The highest BCUT2D eigenvalue weighted by atomic mass is 15.2. The first kappa shape index (κ1) is 14.5. The largest absolute Gasteiger partial charge is 0.315 e. The zero-order valence-corrected chi connectivity index (χ0v) is 11.6. The van der Waals surface area contributed by atoms with Crippen LogP contribution in [0.3, 0.4) is 0 Å². The fourth-order valence-electron chi connectivity index (χ4n) is 2.41. The number of rotatable bonds is 7. The van der Waals surface area contributed by atoms with Crippen LogP contribution in [0.4, 0.5) is 0 Å². The molecule has 17 heavy (non-hydrogen) atoms. The van der Waals surface area contributed by atoms with Gasteiger partial charge in [0.25, 0.3) is 0 Å². The lowest BCUT2D eigenvalue weighted by Gasteiger charge is -2.28. The summed E-state index contributed by atoms with van der Waals surface area (Å²) < 4.78 is 0. The Morgan fingerprint density at radius 3 is 2.59 bits per heavy atom. The molecule has 3 nitrogen and oxygen atoms in total. The molecule has 1 atom stereocenters. The van der Waals surface area contributed by atoms with Gasteiger partial charge in [-0.15, -0.1) is 0 Å². The molecule has 0 aliphatic carbocycles. The van der Waals surface area contributed by atoms with Gasteiger partial charge in [-0.1, -0.05) is 13.8 Å². The van der Waals surface area contributed by atoms with Crippen molar-refractivity contribution in [3.05, 3.63) is 0 Å². The van der Waals surface area contributed by atoms with E-state index in [4.69, 9.17) is 5.26 Å². The summed E-state index contributed by atoms with van der Waals surface area (Å²) in [6, 6.07) is 2.87. The van der Waals surface area contributed by atoms with Gasteiger partial charge >= 0.3 is 0 Å². The zero-order chi connectivity index (χ0) is 12.7. The second-order valence-corrected chi connectivity index (χ2v) is 6.05. The fraction of sp³-hybridized carbons (Fsp3) is 0.929. The van der Waals surface area contributed by atoms with Crippen LogP contribution in [-0.2, 0) is 0 Å². The van der Waals surface area contributed by atoms with Crippen molar-refractivity contribution in [3.8, 4) is 6.07 Å². The van der Waals surface area contributed by atoms with Crippen molar-refractivity contribution in [2.75, 3.05) is 26.2 Å². The molecule has 1 saturated heterocycles. The summed E-state index contributed by atoms with van der Waals surface area (Å²) in [7, 11) is 0. The quantitative estimate of drug-likeness (QED) is 0.739. The highest BCUT2D eigenvalue weighted by Crippen LogP contribution is 2.20. The summed E-state index contributed by atoms with van der Waals surface area (Å²) >= 11 is 0. The van der Waals surface area contributed by atoms with Crippen molar-refractivity contribution in [2.45, 2.75) is 52.5 Å². The van der Waals surface area contributed by atoms with Crippen LogP contribution in [0, 0.1) is 16.7 Å². The lowest BCUT2D eigenvalue weighted by Crippen LogP contribution is -2.41. The Kier molecular flexibility index (Phi) is 5.94. The molecule has 0 aromatic heterocycles. The minimum atomic E-state index is 0.237. The van der Waals surface area contributed by atoms with Crippen LogP contribution < -0.4 is 5.32 Å². The number of nitrogens with zero attached hydrogens (tertiary/aromatic N) is 2. The maximum Gasteiger partial charge on any atom is 0.0621 e. The van der Waals surface area contributed by atoms with E-state index in [-0.39, 0.29) is 5.41 Å². The van der Waals surface area contributed by atoms with Crippen LogP contribution in [0.25, 0.3) is 0 Å². The Bertz CT molecular complexity index is 249. The van der Waals surface area contributed by atoms with E-state index in [1.807, 2.05) is 0 Å². The highest BCUT2D eigenvalue weighted by Gasteiger charge is 2.20. The molecular weight excluding hydrogens is 210 g/mol. The summed E-state index contributed by atoms with van der Waals surface area (Å²) in [5, 5.41) is 12.2. The van der Waals surface area contributed by atoms with Gasteiger partial charge in [0.2, 0.25) is 0 Å². The van der Waals surface area contributed by atoms with Gasteiger partial charge in [-0.2, -0.15) is 5.26 Å². The number of likely N-dealkylation sites (tertiary alicyclic amines) is 1. The zero-order valence-electron chi connectivity index (χ0n) is 11.6. The standard InChI is InChI=1S/C14H27N3/c1-13(17-9-4-5-10-17)11-16-12-14(2,3)7-6-8-15/h13,16H,4-7,9-12H2,1-3H3. The SMILES string of the molecule is CC(CNCC(C)(C)CCC#N)N1CCCC1. The number of hydrogen-bond acceptors (Lipinski definition) is 3. The lowest BCUT2D eigenvalue weighted by atomic mass is 9.88. The Morgan fingerprint density at radius 1 is 1.35 bits per heavy atom. The molecule has 1 fully saturated rings. The molecule has 1 rings (SSSR count). The molecule has 1 aliphatic rings. The third-order valence-corrected chi connectivity index (χ3v) is 3.72. The normalized spacial score (nSPS) is 19.2. The van der Waals surface area contributed by atoms with Crippen molar-refractivity contribution in [1.82, 2.24) is 10.2 Å². The summed E-state index contributed by atoms with van der Waals surface area (Å²) in [6.07, 6.45) is 4.36. The maximum absolute atomic E-state index is 8.61. The smallest absolute Gasteiger partial charge is 0.0621 e. The van der Waals surface area contributed by atoms with E-state index in [0.717, 1.165) is 19.5 Å². The predicted molar refractivity (Wildman–Crippen MR) is 71.8 cm³/mol. The molecule has 1 unspecified atom stereocenters. The van der Waals surface area contributed by atoms with E-state index in [0.29, 0.717) is 12.5 Å². The number of hydrogen-bond donors (Lipinski definition) is 1. The average molecular weight is 237 g/mol. The van der Waals surface area contributed by atoms with Gasteiger partial charge < -0.3 is 5.32 Å². The van der Waals surface area contributed by atoms with Gasteiger partial charge in [0.15, 0.2) is 0 Å². The van der Waals surface area contributed by atoms with Gasteiger partial charge in [0.1, 0.15) is 0 Å². The van der Waals surface area contributed by atoms with Crippen LogP contribution in [0.5, 0.6) is 0 Å². The Morgan fingerprint density at radius 2 is 2.00 bits per heavy atom. The topological polar surface area (TPSA) is 39.1 Å². The minimum Gasteiger partial charge on any atom is -0.315 e. The van der Waals surface area contributed by atoms with Gasteiger partial charge in [-0.3, -0.25) is 4.90 Å². The molecule has 0 bridgehead atoms. The van der Waals surface area contributed by atoms with Gasteiger partial charge in [0.05, 0.1) is 6.07 Å². The molecule has 0 aromatic carbocycles. The Hall–Kier alpha value is -0.590. The molecule has 0 radical (unpaired) electrons. The maximum atomic E-state index is 8.61. The molecule has 0 amide bonds. The number of nitriles is 1. The van der Waals surface area contributed by atoms with Crippen LogP contribution in [-0.4, -0.2) is 37.1 Å². The first-order chi connectivity index (χ1) is 8.05. The van der Waals surface area contributed by atoms with Crippen molar-refractivity contribution in [1.29, 1.82) is 5.26 Å². The van der Waals surface area contributed by atoms with Crippen molar-refractivity contribution < 1.29 is 0 Å². The van der Waals surface area contributed by atoms with E-state index in [1.165, 1.54) is 25.9 Å². The first-order valence-corrected chi connectivity index (χ1v) is 6.87. The van der Waals surface area contributed by atoms with Crippen LogP contribution in [0.1, 0.15) is 46.5 Å². The summed E-state index contributed by atoms with van der Waals surface area (Å²) in [5.74, 6) is 0. The van der Waals surface area contributed by atoms with E-state index >= 15 is 0 Å². The van der Waals surface area contributed by atoms with Crippen LogP contribution >= 0.6 is 0 Å². The third-order valence-electron chi connectivity index (χ3n) is 3.72. The lowest BCUT2D eigenvalue weighted by molar-refractivity contribution is 0.237. The van der Waals surface area contributed by atoms with Crippen molar-refractivity contribution in [3.63, 3.8) is 0 Å². The minimum absolute atomic E-state index is 0.237. The molecule has 1 N–H and O–H groups in total. The Labute approximate surface area is 106 Å². The van der Waals surface area contributed by atoms with E-state index < -0.39 is 0 Å². The number of nitrogens with one attached hydrogen (secondary N) is 1. The summed E-state index contributed by atoms with van der Waals surface area (Å²) in [5.41, 5.74) is 0.237. The van der Waals surface area contributed by atoms with Gasteiger partial charge in [0, 0.05) is 25.6 Å². The van der Waals surface area contributed by atoms with E-state index in [1.54, 1.807) is 0 Å². The van der Waals surface area contributed by atoms with Crippen molar-refractivity contribution >= 4 is 0 Å². The van der Waals surface area contributed by atoms with Gasteiger partial charge in [-0.25, -0.2) is 0 Å². The van der Waals surface area contributed by atoms with E-state index in [2.05, 4.69) is 37.1 Å². The summed E-state index contributed by atoms with van der Waals surface area (Å²) in [6.45, 7) is 11.4. The second kappa shape index (κ2) is 6.98. The molecule has 1 aliphatic heterocycles. The van der Waals surface area contributed by atoms with Crippen molar-refractivity contribution in [2.24, 2.45) is 5.41 Å². The monoisotopic (exact) mass is 237 g/mol. The van der Waals surface area contributed by atoms with Crippen LogP contribution in [0.15, 0.2) is 0 Å². The molecule has 0 aromatic rings. The molecule has 98 valence electrons. The molecular formula is C14H27N3. The van der Waals surface area contributed by atoms with Gasteiger partial charge in [-0.05, 0) is 44.7 Å². The molecule has 1 heterocycles. The average Bonchev–Trinajstić information content (AvgIpc) is 2.79. The first-order valence-electron chi connectivity index (χ1n) is 6.87. The fourth-order valence-corrected chi connectivity index (χ4v) is 2.41. The van der Waals surface area contributed by atoms with E-state index in [9.17, 15) is 0 Å². The second-order valence-electron chi connectivity index (χ2n) is 6.05. The third kappa shape index (κ3) is 5.52. The molecule has 0 saturated carbocycles. The predicted octanol–water partition coefficient (Wildman–Crippen LogP) is 2.39. The summed E-state index contributed by atoms with van der Waals surface area (Å²) in [4.78, 5) is 2.56. The highest BCUT2D eigenvalue weighted by molar-refractivity contribution is 4.80.